The van der Waals surface area contributed by atoms with Crippen molar-refractivity contribution in [2.24, 2.45) is 0 Å². The van der Waals surface area contributed by atoms with Gasteiger partial charge in [0.2, 0.25) is 5.91 Å². The summed E-state index contributed by atoms with van der Waals surface area (Å²) in [6.07, 6.45) is 0.899. The summed E-state index contributed by atoms with van der Waals surface area (Å²) in [6.45, 7) is 0.916. The lowest BCUT2D eigenvalue weighted by molar-refractivity contribution is -0.119. The summed E-state index contributed by atoms with van der Waals surface area (Å²) < 4.78 is 1.02. The number of carbonyl (C=O) groups excluding carboxylic acids is 1. The number of anilines is 1. The van der Waals surface area contributed by atoms with E-state index in [2.05, 4.69) is 31.5 Å². The molecule has 1 saturated heterocycles. The van der Waals surface area contributed by atoms with Gasteiger partial charge >= 0.3 is 0 Å². The van der Waals surface area contributed by atoms with Gasteiger partial charge in [-0.25, -0.2) is 4.98 Å². The molecule has 0 bridgehead atoms. The van der Waals surface area contributed by atoms with Crippen molar-refractivity contribution in [3.8, 4) is 11.3 Å². The molecule has 1 aliphatic heterocycles. The van der Waals surface area contributed by atoms with Crippen LogP contribution in [0.2, 0.25) is 0 Å². The maximum atomic E-state index is 11.8. The van der Waals surface area contributed by atoms with Crippen molar-refractivity contribution in [2.75, 3.05) is 11.9 Å². The van der Waals surface area contributed by atoms with Gasteiger partial charge in [0.15, 0.2) is 5.13 Å². The van der Waals surface area contributed by atoms with Crippen LogP contribution in [0.25, 0.3) is 11.3 Å². The van der Waals surface area contributed by atoms with Gasteiger partial charge in [-0.05, 0) is 25.1 Å². The number of hydrogen-bond acceptors (Lipinski definition) is 4. The molecule has 1 aliphatic rings. The quantitative estimate of drug-likeness (QED) is 0.905. The maximum Gasteiger partial charge on any atom is 0.243 e. The molecular weight excluding hydrogens is 326 g/mol. The Morgan fingerprint density at radius 2 is 2.37 bits per heavy atom. The molecule has 2 aromatic rings. The van der Waals surface area contributed by atoms with Crippen molar-refractivity contribution < 1.29 is 4.79 Å². The molecule has 2 N–H and O–H groups in total. The van der Waals surface area contributed by atoms with Crippen LogP contribution < -0.4 is 10.6 Å². The van der Waals surface area contributed by atoms with Crippen LogP contribution in [0.15, 0.2) is 34.1 Å². The SMILES string of the molecule is O=C(Nc1nc(-c2cccc(Br)c2)cs1)[C@@H]1CCN1. The van der Waals surface area contributed by atoms with Crippen LogP contribution in [-0.2, 0) is 4.79 Å². The van der Waals surface area contributed by atoms with E-state index in [1.807, 2.05) is 29.6 Å². The Bertz CT molecular complexity index is 609. The van der Waals surface area contributed by atoms with E-state index in [1.54, 1.807) is 0 Å². The molecule has 0 saturated carbocycles. The Morgan fingerprint density at radius 3 is 3.05 bits per heavy atom. The Kier molecular flexibility index (Phi) is 3.63. The van der Waals surface area contributed by atoms with Crippen molar-refractivity contribution in [1.82, 2.24) is 10.3 Å². The lowest BCUT2D eigenvalue weighted by Crippen LogP contribution is -2.50. The number of aromatic nitrogens is 1. The van der Waals surface area contributed by atoms with Gasteiger partial charge in [-0.15, -0.1) is 11.3 Å². The first kappa shape index (κ1) is 12.8. The van der Waals surface area contributed by atoms with Crippen LogP contribution in [0.3, 0.4) is 0 Å². The standard InChI is InChI=1S/C13H12BrN3OS/c14-9-3-1-2-8(6-9)11-7-19-13(16-11)17-12(18)10-4-5-15-10/h1-3,6-7,10,15H,4-5H2,(H,16,17,18)/t10-/m0/s1. The predicted octanol–water partition coefficient (Wildman–Crippen LogP) is 2.87. The van der Waals surface area contributed by atoms with Crippen molar-refractivity contribution in [3.63, 3.8) is 0 Å². The number of halogens is 1. The molecule has 98 valence electrons. The van der Waals surface area contributed by atoms with E-state index in [9.17, 15) is 4.79 Å². The number of hydrogen-bond donors (Lipinski definition) is 2. The third-order valence-corrected chi connectivity index (χ3v) is 4.25. The smallest absolute Gasteiger partial charge is 0.243 e. The number of nitrogens with one attached hydrogen (secondary N) is 2. The van der Waals surface area contributed by atoms with Gasteiger partial charge in [0.05, 0.1) is 11.7 Å². The number of thiazole rings is 1. The van der Waals surface area contributed by atoms with E-state index in [0.29, 0.717) is 5.13 Å². The van der Waals surface area contributed by atoms with E-state index in [0.717, 1.165) is 28.7 Å². The van der Waals surface area contributed by atoms with Crippen LogP contribution in [0.4, 0.5) is 5.13 Å². The van der Waals surface area contributed by atoms with Crippen molar-refractivity contribution >= 4 is 38.3 Å². The molecule has 1 aromatic heterocycles. The summed E-state index contributed by atoms with van der Waals surface area (Å²) in [4.78, 5) is 16.2. The van der Waals surface area contributed by atoms with Crippen molar-refractivity contribution in [1.29, 1.82) is 0 Å². The van der Waals surface area contributed by atoms with E-state index < -0.39 is 0 Å². The fraction of sp³-hybridized carbons (Fsp3) is 0.231. The van der Waals surface area contributed by atoms with E-state index >= 15 is 0 Å². The predicted molar refractivity (Wildman–Crippen MR) is 80.3 cm³/mol. The zero-order valence-corrected chi connectivity index (χ0v) is 12.4. The molecular formula is C13H12BrN3OS. The Morgan fingerprint density at radius 1 is 1.53 bits per heavy atom. The van der Waals surface area contributed by atoms with Crippen LogP contribution >= 0.6 is 27.3 Å². The summed E-state index contributed by atoms with van der Waals surface area (Å²) in [5.74, 6) is 0.00129. The number of rotatable bonds is 3. The molecule has 0 spiro atoms. The molecule has 1 aromatic carbocycles. The first-order chi connectivity index (χ1) is 9.22. The molecule has 0 radical (unpaired) electrons. The molecule has 19 heavy (non-hydrogen) atoms. The highest BCUT2D eigenvalue weighted by molar-refractivity contribution is 9.10. The monoisotopic (exact) mass is 337 g/mol. The normalized spacial score (nSPS) is 17.8. The van der Waals surface area contributed by atoms with Gasteiger partial charge in [-0.1, -0.05) is 28.1 Å². The van der Waals surface area contributed by atoms with Gasteiger partial charge in [-0.3, -0.25) is 4.79 Å². The van der Waals surface area contributed by atoms with Gasteiger partial charge in [0.1, 0.15) is 0 Å². The minimum atomic E-state index is -0.0572. The van der Waals surface area contributed by atoms with Gasteiger partial charge < -0.3 is 10.6 Å². The zero-order valence-electron chi connectivity index (χ0n) is 10.0. The highest BCUT2D eigenvalue weighted by Gasteiger charge is 2.25. The lowest BCUT2D eigenvalue weighted by atomic mass is 10.1. The van der Waals surface area contributed by atoms with Crippen LogP contribution in [0.1, 0.15) is 6.42 Å². The highest BCUT2D eigenvalue weighted by Crippen LogP contribution is 2.27. The van der Waals surface area contributed by atoms with Gasteiger partial charge in [0.25, 0.3) is 0 Å². The van der Waals surface area contributed by atoms with Crippen molar-refractivity contribution in [2.45, 2.75) is 12.5 Å². The van der Waals surface area contributed by atoms with E-state index in [4.69, 9.17) is 0 Å². The lowest BCUT2D eigenvalue weighted by Gasteiger charge is -2.25. The Balaban J connectivity index is 1.74. The summed E-state index contributed by atoms with van der Waals surface area (Å²) in [5.41, 5.74) is 1.91. The fourth-order valence-electron chi connectivity index (χ4n) is 1.82. The van der Waals surface area contributed by atoms with Crippen molar-refractivity contribution in [3.05, 3.63) is 34.1 Å². The summed E-state index contributed by atoms with van der Waals surface area (Å²) in [5, 5.41) is 8.51. The largest absolute Gasteiger partial charge is 0.306 e. The van der Waals surface area contributed by atoms with E-state index in [-0.39, 0.29) is 11.9 Å². The van der Waals surface area contributed by atoms with Crippen LogP contribution in [0, 0.1) is 0 Å². The molecule has 2 heterocycles. The number of carbonyl (C=O) groups is 1. The topological polar surface area (TPSA) is 54.0 Å². The molecule has 4 nitrogen and oxygen atoms in total. The average molecular weight is 338 g/mol. The molecule has 6 heteroatoms. The van der Waals surface area contributed by atoms with Gasteiger partial charge in [0, 0.05) is 15.4 Å². The molecule has 1 amide bonds. The second kappa shape index (κ2) is 5.40. The maximum absolute atomic E-state index is 11.8. The summed E-state index contributed by atoms with van der Waals surface area (Å²) in [6, 6.07) is 7.89. The third-order valence-electron chi connectivity index (χ3n) is 2.99. The average Bonchev–Trinajstić information content (AvgIpc) is 2.75. The van der Waals surface area contributed by atoms with Crippen LogP contribution in [-0.4, -0.2) is 23.5 Å². The first-order valence-corrected chi connectivity index (χ1v) is 7.65. The molecule has 1 atom stereocenters. The second-order valence-electron chi connectivity index (χ2n) is 4.33. The molecule has 0 aliphatic carbocycles. The highest BCUT2D eigenvalue weighted by atomic mass is 79.9. The molecule has 1 fully saturated rings. The minimum Gasteiger partial charge on any atom is -0.306 e. The Hall–Kier alpha value is -1.24. The number of nitrogens with zero attached hydrogens (tertiary/aromatic N) is 1. The number of benzene rings is 1. The second-order valence-corrected chi connectivity index (χ2v) is 6.11. The fourth-order valence-corrected chi connectivity index (χ4v) is 2.94. The third kappa shape index (κ3) is 2.86. The minimum absolute atomic E-state index is 0.00129. The Labute approximate surface area is 123 Å². The summed E-state index contributed by atoms with van der Waals surface area (Å²) >= 11 is 4.88. The first-order valence-electron chi connectivity index (χ1n) is 5.98. The summed E-state index contributed by atoms with van der Waals surface area (Å²) in [7, 11) is 0. The van der Waals surface area contributed by atoms with Gasteiger partial charge in [-0.2, -0.15) is 0 Å². The molecule has 3 rings (SSSR count). The zero-order chi connectivity index (χ0) is 13.2. The van der Waals surface area contributed by atoms with Crippen LogP contribution in [0.5, 0.6) is 0 Å². The van der Waals surface area contributed by atoms with E-state index in [1.165, 1.54) is 11.3 Å². The number of amides is 1. The molecule has 0 unspecified atom stereocenters.